The van der Waals surface area contributed by atoms with Gasteiger partial charge in [-0.3, -0.25) is 0 Å². The van der Waals surface area contributed by atoms with Gasteiger partial charge >= 0.3 is 5.97 Å². The predicted octanol–water partition coefficient (Wildman–Crippen LogP) is 4.06. The molecule has 0 unspecified atom stereocenters. The van der Waals surface area contributed by atoms with Crippen LogP contribution in [0.3, 0.4) is 0 Å². The lowest BCUT2D eigenvalue weighted by atomic mass is 9.86. The number of hydrogen-bond donors (Lipinski definition) is 0. The molecule has 0 aliphatic rings. The Balaban J connectivity index is 2.52. The third-order valence-corrected chi connectivity index (χ3v) is 3.48. The Kier molecular flexibility index (Phi) is 4.00. The van der Waals surface area contributed by atoms with Crippen LogP contribution in [-0.4, -0.2) is 13.1 Å². The van der Waals surface area contributed by atoms with E-state index in [2.05, 4.69) is 37.8 Å². The van der Waals surface area contributed by atoms with Crippen molar-refractivity contribution in [1.29, 1.82) is 0 Å². The van der Waals surface area contributed by atoms with Gasteiger partial charge in [-0.15, -0.1) is 0 Å². The van der Waals surface area contributed by atoms with E-state index >= 15 is 0 Å². The first-order valence-electron chi connectivity index (χ1n) is 6.43. The van der Waals surface area contributed by atoms with Crippen molar-refractivity contribution < 1.29 is 9.53 Å². The van der Waals surface area contributed by atoms with Crippen molar-refractivity contribution in [3.8, 4) is 0 Å². The molecule has 0 aliphatic heterocycles. The highest BCUT2D eigenvalue weighted by Crippen LogP contribution is 2.32. The van der Waals surface area contributed by atoms with Gasteiger partial charge in [0.1, 0.15) is 0 Å². The number of ether oxygens (including phenoxy) is 1. The maximum absolute atomic E-state index is 11.7. The molecule has 0 aliphatic carbocycles. The van der Waals surface area contributed by atoms with E-state index in [1.807, 2.05) is 18.2 Å². The summed E-state index contributed by atoms with van der Waals surface area (Å²) in [6.45, 7) is 5.96. The first kappa shape index (κ1) is 13.3. The summed E-state index contributed by atoms with van der Waals surface area (Å²) >= 11 is 0. The number of carbonyl (C=O) groups is 1. The van der Waals surface area contributed by atoms with Gasteiger partial charge < -0.3 is 4.74 Å². The van der Waals surface area contributed by atoms with E-state index in [0.717, 1.165) is 12.0 Å². The summed E-state index contributed by atoms with van der Waals surface area (Å²) in [6, 6.07) is 14.3. The van der Waals surface area contributed by atoms with Gasteiger partial charge in [0, 0.05) is 11.5 Å². The molecule has 2 aromatic rings. The zero-order valence-electron chi connectivity index (χ0n) is 11.3. The first-order chi connectivity index (χ1) is 9.19. The van der Waals surface area contributed by atoms with E-state index in [4.69, 9.17) is 4.74 Å². The van der Waals surface area contributed by atoms with Crippen molar-refractivity contribution in [2.75, 3.05) is 7.11 Å². The monoisotopic (exact) mass is 254 g/mol. The summed E-state index contributed by atoms with van der Waals surface area (Å²) in [5, 5.41) is 2.35. The Bertz CT molecular complexity index is 608. The van der Waals surface area contributed by atoms with Crippen LogP contribution in [0.1, 0.15) is 24.8 Å². The number of hydrogen-bond acceptors (Lipinski definition) is 2. The van der Waals surface area contributed by atoms with Crippen molar-refractivity contribution in [2.45, 2.75) is 19.3 Å². The van der Waals surface area contributed by atoms with Gasteiger partial charge in [0.2, 0.25) is 0 Å². The zero-order valence-corrected chi connectivity index (χ0v) is 11.3. The summed E-state index contributed by atoms with van der Waals surface area (Å²) in [7, 11) is 1.39. The number of benzene rings is 2. The molecule has 0 saturated heterocycles. The van der Waals surface area contributed by atoms with E-state index in [9.17, 15) is 4.79 Å². The van der Waals surface area contributed by atoms with Gasteiger partial charge in [-0.05, 0) is 22.8 Å². The molecular weight excluding hydrogens is 236 g/mol. The maximum atomic E-state index is 11.7. The van der Waals surface area contributed by atoms with E-state index in [0.29, 0.717) is 5.57 Å². The Hall–Kier alpha value is -2.09. The summed E-state index contributed by atoms with van der Waals surface area (Å²) in [6.07, 6.45) is 0.821. The molecular formula is C17H18O2. The largest absolute Gasteiger partial charge is 0.466 e. The molecule has 1 atom stereocenters. The van der Waals surface area contributed by atoms with Crippen LogP contribution in [0.5, 0.6) is 0 Å². The minimum atomic E-state index is -0.334. The Labute approximate surface area is 113 Å². The highest BCUT2D eigenvalue weighted by atomic mass is 16.5. The molecule has 2 nitrogen and oxygen atoms in total. The molecule has 0 radical (unpaired) electrons. The van der Waals surface area contributed by atoms with Crippen molar-refractivity contribution in [1.82, 2.24) is 0 Å². The fraction of sp³-hybridized carbons (Fsp3) is 0.235. The fourth-order valence-corrected chi connectivity index (χ4v) is 2.48. The number of carbonyl (C=O) groups excluding carboxylic acids is 1. The van der Waals surface area contributed by atoms with Gasteiger partial charge in [-0.2, -0.15) is 0 Å². The van der Waals surface area contributed by atoms with Crippen LogP contribution in [0, 0.1) is 0 Å². The van der Waals surface area contributed by atoms with E-state index in [1.54, 1.807) is 0 Å². The summed E-state index contributed by atoms with van der Waals surface area (Å²) in [4.78, 5) is 11.7. The van der Waals surface area contributed by atoms with Gasteiger partial charge in [-0.1, -0.05) is 56.0 Å². The number of rotatable bonds is 4. The number of esters is 1. The van der Waals surface area contributed by atoms with Crippen LogP contribution in [0.4, 0.5) is 0 Å². The van der Waals surface area contributed by atoms with Crippen molar-refractivity contribution in [3.63, 3.8) is 0 Å². The van der Waals surface area contributed by atoms with Crippen molar-refractivity contribution >= 4 is 16.7 Å². The lowest BCUT2D eigenvalue weighted by Gasteiger charge is -2.18. The van der Waals surface area contributed by atoms with Crippen LogP contribution in [0.15, 0.2) is 54.6 Å². The second-order valence-electron chi connectivity index (χ2n) is 4.55. The molecule has 0 saturated carbocycles. The van der Waals surface area contributed by atoms with E-state index < -0.39 is 0 Å². The Morgan fingerprint density at radius 1 is 1.21 bits per heavy atom. The molecule has 0 amide bonds. The smallest absolute Gasteiger partial charge is 0.333 e. The lowest BCUT2D eigenvalue weighted by Crippen LogP contribution is -2.12. The quantitative estimate of drug-likeness (QED) is 0.607. The van der Waals surface area contributed by atoms with Gasteiger partial charge in [0.25, 0.3) is 0 Å². The van der Waals surface area contributed by atoms with Gasteiger partial charge in [0.05, 0.1) is 7.11 Å². The summed E-state index contributed by atoms with van der Waals surface area (Å²) < 4.78 is 4.79. The Morgan fingerprint density at radius 3 is 2.58 bits per heavy atom. The second-order valence-corrected chi connectivity index (χ2v) is 4.55. The molecule has 0 spiro atoms. The average molecular weight is 254 g/mol. The second kappa shape index (κ2) is 5.70. The highest BCUT2D eigenvalue weighted by Gasteiger charge is 2.21. The standard InChI is InChI=1S/C17H18O2/c1-4-14(12(2)17(18)19-3)16-11-7-9-13-8-5-6-10-15(13)16/h5-11,14H,2,4H2,1,3H3/t14-/m0/s1. The molecule has 0 bridgehead atoms. The topological polar surface area (TPSA) is 26.3 Å². The van der Waals surface area contributed by atoms with E-state index in [-0.39, 0.29) is 11.9 Å². The van der Waals surface area contributed by atoms with Crippen molar-refractivity contribution in [2.24, 2.45) is 0 Å². The van der Waals surface area contributed by atoms with Crippen LogP contribution in [0.2, 0.25) is 0 Å². The van der Waals surface area contributed by atoms with Gasteiger partial charge in [0.15, 0.2) is 0 Å². The molecule has 0 aromatic heterocycles. The highest BCUT2D eigenvalue weighted by molar-refractivity contribution is 5.92. The third-order valence-electron chi connectivity index (χ3n) is 3.48. The lowest BCUT2D eigenvalue weighted by molar-refractivity contribution is -0.136. The summed E-state index contributed by atoms with van der Waals surface area (Å²) in [5.41, 5.74) is 1.65. The average Bonchev–Trinajstić information content (AvgIpc) is 2.47. The Morgan fingerprint density at radius 2 is 1.89 bits per heavy atom. The third kappa shape index (κ3) is 2.53. The minimum Gasteiger partial charge on any atom is -0.466 e. The molecule has 2 aromatic carbocycles. The van der Waals surface area contributed by atoms with Crippen LogP contribution < -0.4 is 0 Å². The van der Waals surface area contributed by atoms with Crippen LogP contribution >= 0.6 is 0 Å². The first-order valence-corrected chi connectivity index (χ1v) is 6.43. The van der Waals surface area contributed by atoms with E-state index in [1.165, 1.54) is 17.9 Å². The zero-order chi connectivity index (χ0) is 13.8. The summed E-state index contributed by atoms with van der Waals surface area (Å²) in [5.74, 6) is -0.335. The molecule has 98 valence electrons. The SMILES string of the molecule is C=C(C(=O)OC)[C@H](CC)c1cccc2ccccc12. The maximum Gasteiger partial charge on any atom is 0.333 e. The minimum absolute atomic E-state index is 0.00134. The van der Waals surface area contributed by atoms with Crippen LogP contribution in [-0.2, 0) is 9.53 Å². The molecule has 0 heterocycles. The fourth-order valence-electron chi connectivity index (χ4n) is 2.48. The normalized spacial score (nSPS) is 12.1. The van der Waals surface area contributed by atoms with Crippen molar-refractivity contribution in [3.05, 3.63) is 60.2 Å². The molecule has 0 fully saturated rings. The molecule has 0 N–H and O–H groups in total. The number of fused-ring (bicyclic) bond motifs is 1. The molecule has 19 heavy (non-hydrogen) atoms. The van der Waals surface area contributed by atoms with Crippen LogP contribution in [0.25, 0.3) is 10.8 Å². The molecule has 2 rings (SSSR count). The van der Waals surface area contributed by atoms with Gasteiger partial charge in [-0.25, -0.2) is 4.79 Å². The molecule has 2 heteroatoms. The number of methoxy groups -OCH3 is 1. The predicted molar refractivity (Wildman–Crippen MR) is 78.1 cm³/mol.